The fourth-order valence-electron chi connectivity index (χ4n) is 2.49. The van der Waals surface area contributed by atoms with Gasteiger partial charge in [0.25, 0.3) is 0 Å². The van der Waals surface area contributed by atoms with Gasteiger partial charge in [-0.1, -0.05) is 0 Å². The zero-order valence-electron chi connectivity index (χ0n) is 10.7. The monoisotopic (exact) mass is 241 g/mol. The molecule has 0 aromatic carbocycles. The molecule has 0 bridgehead atoms. The van der Waals surface area contributed by atoms with Gasteiger partial charge < -0.3 is 14.4 Å². The number of ether oxygens (including phenoxy) is 2. The lowest BCUT2D eigenvalue weighted by molar-refractivity contribution is -0.143. The molecule has 0 spiro atoms. The van der Waals surface area contributed by atoms with E-state index in [4.69, 9.17) is 9.47 Å². The normalized spacial score (nSPS) is 30.8. The molecule has 0 aromatic heterocycles. The van der Waals surface area contributed by atoms with Gasteiger partial charge in [0.15, 0.2) is 0 Å². The Labute approximate surface area is 101 Å². The third-order valence-electron chi connectivity index (χ3n) is 3.32. The first-order chi connectivity index (χ1) is 7.83. The van der Waals surface area contributed by atoms with E-state index in [0.717, 1.165) is 0 Å². The van der Waals surface area contributed by atoms with E-state index in [9.17, 15) is 9.59 Å². The second-order valence-corrected chi connectivity index (χ2v) is 5.76. The fraction of sp³-hybridized carbons (Fsp3) is 0.833. The van der Waals surface area contributed by atoms with E-state index in [1.165, 1.54) is 7.11 Å². The molecule has 1 amide bonds. The molecule has 1 heterocycles. The van der Waals surface area contributed by atoms with E-state index in [0.29, 0.717) is 13.1 Å². The lowest BCUT2D eigenvalue weighted by Gasteiger charge is -2.25. The summed E-state index contributed by atoms with van der Waals surface area (Å²) in [5, 5.41) is 0. The van der Waals surface area contributed by atoms with Gasteiger partial charge in [-0.15, -0.1) is 0 Å². The second-order valence-electron chi connectivity index (χ2n) is 5.76. The van der Waals surface area contributed by atoms with Crippen molar-refractivity contribution in [3.63, 3.8) is 0 Å². The molecule has 2 fully saturated rings. The summed E-state index contributed by atoms with van der Waals surface area (Å²) in [6.45, 7) is 6.76. The Hall–Kier alpha value is -1.26. The summed E-state index contributed by atoms with van der Waals surface area (Å²) in [4.78, 5) is 24.8. The molecule has 1 saturated carbocycles. The third kappa shape index (κ3) is 2.37. The average Bonchev–Trinajstić information content (AvgIpc) is 2.69. The molecule has 2 aliphatic rings. The molecule has 5 heteroatoms. The Morgan fingerprint density at radius 1 is 1.18 bits per heavy atom. The van der Waals surface area contributed by atoms with Crippen LogP contribution in [0.1, 0.15) is 20.8 Å². The van der Waals surface area contributed by atoms with Crippen LogP contribution in [0, 0.1) is 17.8 Å². The van der Waals surface area contributed by atoms with Gasteiger partial charge in [-0.25, -0.2) is 4.79 Å². The van der Waals surface area contributed by atoms with Crippen LogP contribution >= 0.6 is 0 Å². The number of nitrogens with zero attached hydrogens (tertiary/aromatic N) is 1. The zero-order valence-corrected chi connectivity index (χ0v) is 10.7. The summed E-state index contributed by atoms with van der Waals surface area (Å²) >= 11 is 0. The molecule has 1 aliphatic heterocycles. The van der Waals surface area contributed by atoms with Crippen molar-refractivity contribution in [1.82, 2.24) is 4.90 Å². The number of amides is 1. The Balaban J connectivity index is 1.83. The standard InChI is InChI=1S/C12H19NO4/c1-12(2,3)17-11(15)13-5-7-8(6-13)9(7)10(14)16-4/h7-9H,5-6H2,1-4H3. The van der Waals surface area contributed by atoms with Gasteiger partial charge in [-0.2, -0.15) is 0 Å². The maximum absolute atomic E-state index is 11.8. The molecule has 17 heavy (non-hydrogen) atoms. The first-order valence-electron chi connectivity index (χ1n) is 5.89. The van der Waals surface area contributed by atoms with Crippen molar-refractivity contribution >= 4 is 12.1 Å². The maximum atomic E-state index is 11.8. The third-order valence-corrected chi connectivity index (χ3v) is 3.32. The second kappa shape index (κ2) is 3.89. The van der Waals surface area contributed by atoms with Crippen molar-refractivity contribution < 1.29 is 19.1 Å². The number of esters is 1. The van der Waals surface area contributed by atoms with E-state index in [1.807, 2.05) is 20.8 Å². The molecular weight excluding hydrogens is 222 g/mol. The van der Waals surface area contributed by atoms with Gasteiger partial charge in [0, 0.05) is 13.1 Å². The van der Waals surface area contributed by atoms with Gasteiger partial charge in [-0.3, -0.25) is 4.79 Å². The predicted molar refractivity (Wildman–Crippen MR) is 60.3 cm³/mol. The number of piperidine rings is 1. The van der Waals surface area contributed by atoms with Gasteiger partial charge >= 0.3 is 12.1 Å². The van der Waals surface area contributed by atoms with Crippen molar-refractivity contribution in [3.05, 3.63) is 0 Å². The smallest absolute Gasteiger partial charge is 0.410 e. The van der Waals surface area contributed by atoms with Gasteiger partial charge in [-0.05, 0) is 32.6 Å². The van der Waals surface area contributed by atoms with Crippen LogP contribution in [0.5, 0.6) is 0 Å². The number of hydrogen-bond donors (Lipinski definition) is 0. The van der Waals surface area contributed by atoms with Gasteiger partial charge in [0.2, 0.25) is 0 Å². The fourth-order valence-corrected chi connectivity index (χ4v) is 2.49. The minimum Gasteiger partial charge on any atom is -0.469 e. The number of likely N-dealkylation sites (tertiary alicyclic amines) is 1. The number of methoxy groups -OCH3 is 1. The molecule has 1 saturated heterocycles. The van der Waals surface area contributed by atoms with E-state index in [-0.39, 0.29) is 29.8 Å². The summed E-state index contributed by atoms with van der Waals surface area (Å²) < 4.78 is 10.00. The molecule has 0 aromatic rings. The topological polar surface area (TPSA) is 55.8 Å². The summed E-state index contributed by atoms with van der Waals surface area (Å²) in [6, 6.07) is 0. The van der Waals surface area contributed by atoms with Crippen molar-refractivity contribution in [2.45, 2.75) is 26.4 Å². The van der Waals surface area contributed by atoms with E-state index < -0.39 is 5.60 Å². The maximum Gasteiger partial charge on any atom is 0.410 e. The van der Waals surface area contributed by atoms with Crippen LogP contribution in [0.2, 0.25) is 0 Å². The largest absolute Gasteiger partial charge is 0.469 e. The minimum absolute atomic E-state index is 0.00122. The number of carbonyl (C=O) groups excluding carboxylic acids is 2. The Morgan fingerprint density at radius 2 is 1.71 bits per heavy atom. The number of fused-ring (bicyclic) bond motifs is 1. The highest BCUT2D eigenvalue weighted by molar-refractivity contribution is 5.78. The SMILES string of the molecule is COC(=O)C1C2CN(C(=O)OC(C)(C)C)CC21. The van der Waals surface area contributed by atoms with Crippen LogP contribution in [-0.4, -0.2) is 42.8 Å². The van der Waals surface area contributed by atoms with Crippen LogP contribution in [0.25, 0.3) is 0 Å². The molecule has 2 atom stereocenters. The van der Waals surface area contributed by atoms with Crippen molar-refractivity contribution in [2.24, 2.45) is 17.8 Å². The summed E-state index contributed by atoms with van der Waals surface area (Å²) in [5.74, 6) is 0.396. The highest BCUT2D eigenvalue weighted by Gasteiger charge is 2.61. The van der Waals surface area contributed by atoms with Crippen molar-refractivity contribution in [1.29, 1.82) is 0 Å². The summed E-state index contributed by atoms with van der Waals surface area (Å²) in [6.07, 6.45) is -0.284. The van der Waals surface area contributed by atoms with Crippen LogP contribution < -0.4 is 0 Å². The first kappa shape index (κ1) is 12.2. The number of rotatable bonds is 1. The molecule has 0 radical (unpaired) electrons. The van der Waals surface area contributed by atoms with Crippen molar-refractivity contribution in [2.75, 3.05) is 20.2 Å². The molecule has 2 unspecified atom stereocenters. The van der Waals surface area contributed by atoms with Crippen LogP contribution in [0.3, 0.4) is 0 Å². The van der Waals surface area contributed by atoms with Crippen LogP contribution in [-0.2, 0) is 14.3 Å². The average molecular weight is 241 g/mol. The summed E-state index contributed by atoms with van der Waals surface area (Å²) in [7, 11) is 1.40. The Morgan fingerprint density at radius 3 is 2.12 bits per heavy atom. The lowest BCUT2D eigenvalue weighted by Crippen LogP contribution is -2.37. The Bertz CT molecular complexity index is 335. The molecular formula is C12H19NO4. The zero-order chi connectivity index (χ0) is 12.8. The first-order valence-corrected chi connectivity index (χ1v) is 5.89. The van der Waals surface area contributed by atoms with E-state index in [1.54, 1.807) is 4.90 Å². The van der Waals surface area contributed by atoms with Gasteiger partial charge in [0.1, 0.15) is 5.60 Å². The quantitative estimate of drug-likeness (QED) is 0.649. The molecule has 96 valence electrons. The molecule has 5 nitrogen and oxygen atoms in total. The van der Waals surface area contributed by atoms with Crippen molar-refractivity contribution in [3.8, 4) is 0 Å². The number of hydrogen-bond acceptors (Lipinski definition) is 4. The highest BCUT2D eigenvalue weighted by atomic mass is 16.6. The Kier molecular flexibility index (Phi) is 2.79. The van der Waals surface area contributed by atoms with E-state index >= 15 is 0 Å². The van der Waals surface area contributed by atoms with Crippen LogP contribution in [0.15, 0.2) is 0 Å². The molecule has 2 rings (SSSR count). The van der Waals surface area contributed by atoms with Gasteiger partial charge in [0.05, 0.1) is 13.0 Å². The highest BCUT2D eigenvalue weighted by Crippen LogP contribution is 2.52. The summed E-state index contributed by atoms with van der Waals surface area (Å²) in [5.41, 5.74) is -0.467. The molecule has 1 aliphatic carbocycles. The minimum atomic E-state index is -0.467. The number of carbonyl (C=O) groups is 2. The lowest BCUT2D eigenvalue weighted by atomic mass is 10.2. The van der Waals surface area contributed by atoms with Crippen LogP contribution in [0.4, 0.5) is 4.79 Å². The molecule has 0 N–H and O–H groups in total. The predicted octanol–water partition coefficient (Wildman–Crippen LogP) is 1.27. The van der Waals surface area contributed by atoms with E-state index in [2.05, 4.69) is 0 Å².